The van der Waals surface area contributed by atoms with Gasteiger partial charge >= 0.3 is 5.97 Å². The second kappa shape index (κ2) is 6.23. The van der Waals surface area contributed by atoms with Gasteiger partial charge in [-0.1, -0.05) is 37.6 Å². The minimum atomic E-state index is -0.595. The summed E-state index contributed by atoms with van der Waals surface area (Å²) in [5.41, 5.74) is 2.39. The number of unbranched alkanes of at least 4 members (excludes halogenated alkanes) is 1. The van der Waals surface area contributed by atoms with E-state index in [1.54, 1.807) is 0 Å². The van der Waals surface area contributed by atoms with Gasteiger partial charge < -0.3 is 5.11 Å². The van der Waals surface area contributed by atoms with Crippen LogP contribution in [0.3, 0.4) is 0 Å². The number of carbonyl (C=O) groups is 1. The summed E-state index contributed by atoms with van der Waals surface area (Å²) in [5.74, 6) is -0.595. The van der Waals surface area contributed by atoms with Crippen LogP contribution in [0.25, 0.3) is 0 Å². The van der Waals surface area contributed by atoms with Crippen molar-refractivity contribution in [3.05, 3.63) is 35.4 Å². The molecule has 104 valence electrons. The molecule has 1 aliphatic carbocycles. The van der Waals surface area contributed by atoms with Crippen molar-refractivity contribution in [1.29, 1.82) is 0 Å². The highest BCUT2D eigenvalue weighted by atomic mass is 16.4. The summed E-state index contributed by atoms with van der Waals surface area (Å²) < 4.78 is 0. The SMILES string of the molecule is CCCCc1ccc(CCCC2(C(=O)O)CC2)cc1. The smallest absolute Gasteiger partial charge is 0.309 e. The number of hydrogen-bond donors (Lipinski definition) is 1. The Morgan fingerprint density at radius 3 is 2.05 bits per heavy atom. The van der Waals surface area contributed by atoms with Gasteiger partial charge in [-0.2, -0.15) is 0 Å². The molecule has 19 heavy (non-hydrogen) atoms. The summed E-state index contributed by atoms with van der Waals surface area (Å²) in [6.07, 6.45) is 8.22. The van der Waals surface area contributed by atoms with Crippen molar-refractivity contribution >= 4 is 5.97 Å². The number of benzene rings is 1. The number of aliphatic carboxylic acids is 1. The molecule has 0 aromatic heterocycles. The van der Waals surface area contributed by atoms with Crippen molar-refractivity contribution in [2.24, 2.45) is 5.41 Å². The van der Waals surface area contributed by atoms with Crippen molar-refractivity contribution in [3.63, 3.8) is 0 Å². The Morgan fingerprint density at radius 2 is 1.63 bits per heavy atom. The minimum absolute atomic E-state index is 0.360. The molecule has 0 amide bonds. The Kier molecular flexibility index (Phi) is 4.62. The first-order chi connectivity index (χ1) is 9.16. The number of carboxylic acids is 1. The molecule has 0 bridgehead atoms. The third-order valence-corrected chi connectivity index (χ3v) is 4.27. The van der Waals surface area contributed by atoms with Crippen molar-refractivity contribution in [2.45, 2.75) is 58.3 Å². The van der Waals surface area contributed by atoms with Crippen LogP contribution in [0.2, 0.25) is 0 Å². The predicted octanol–water partition coefficient (Wildman–Crippen LogP) is 4.22. The van der Waals surface area contributed by atoms with Gasteiger partial charge in [-0.15, -0.1) is 0 Å². The minimum Gasteiger partial charge on any atom is -0.481 e. The topological polar surface area (TPSA) is 37.3 Å². The molecule has 1 aromatic carbocycles. The fourth-order valence-corrected chi connectivity index (χ4v) is 2.61. The highest BCUT2D eigenvalue weighted by Gasteiger charge is 2.49. The highest BCUT2D eigenvalue weighted by molar-refractivity contribution is 5.77. The fourth-order valence-electron chi connectivity index (χ4n) is 2.61. The fraction of sp³-hybridized carbons (Fsp3) is 0.588. The Hall–Kier alpha value is -1.31. The van der Waals surface area contributed by atoms with Gasteiger partial charge in [0.2, 0.25) is 0 Å². The quantitative estimate of drug-likeness (QED) is 0.760. The third kappa shape index (κ3) is 3.82. The normalized spacial score (nSPS) is 16.3. The summed E-state index contributed by atoms with van der Waals surface area (Å²) in [5, 5.41) is 9.12. The van der Waals surface area contributed by atoms with E-state index in [0.717, 1.165) is 32.1 Å². The molecule has 0 atom stereocenters. The Bertz CT molecular complexity index is 415. The number of carboxylic acid groups (broad SMARTS) is 1. The van der Waals surface area contributed by atoms with Crippen molar-refractivity contribution in [3.8, 4) is 0 Å². The molecule has 0 heterocycles. The molecule has 1 aliphatic rings. The summed E-state index contributed by atoms with van der Waals surface area (Å²) in [4.78, 5) is 11.1. The van der Waals surface area contributed by atoms with E-state index in [4.69, 9.17) is 5.11 Å². The maximum atomic E-state index is 11.1. The van der Waals surface area contributed by atoms with Gasteiger partial charge in [0.1, 0.15) is 0 Å². The lowest BCUT2D eigenvalue weighted by Crippen LogP contribution is -2.14. The Balaban J connectivity index is 1.75. The van der Waals surface area contributed by atoms with Gasteiger partial charge in [-0.25, -0.2) is 0 Å². The van der Waals surface area contributed by atoms with E-state index in [0.29, 0.717) is 0 Å². The molecule has 0 unspecified atom stereocenters. The van der Waals surface area contributed by atoms with E-state index in [-0.39, 0.29) is 5.41 Å². The molecule has 0 saturated heterocycles. The molecule has 1 aromatic rings. The first-order valence-electron chi connectivity index (χ1n) is 7.47. The molecular weight excluding hydrogens is 236 g/mol. The van der Waals surface area contributed by atoms with Crippen LogP contribution in [0.5, 0.6) is 0 Å². The number of rotatable bonds is 8. The lowest BCUT2D eigenvalue weighted by molar-refractivity contribution is -0.143. The molecule has 1 N–H and O–H groups in total. The van der Waals surface area contributed by atoms with Crippen LogP contribution in [0, 0.1) is 5.41 Å². The first kappa shape index (κ1) is 14.1. The predicted molar refractivity (Wildman–Crippen MR) is 77.3 cm³/mol. The average molecular weight is 260 g/mol. The summed E-state index contributed by atoms with van der Waals surface area (Å²) in [6, 6.07) is 8.83. The molecule has 2 nitrogen and oxygen atoms in total. The van der Waals surface area contributed by atoms with E-state index in [9.17, 15) is 4.79 Å². The van der Waals surface area contributed by atoms with Crippen molar-refractivity contribution < 1.29 is 9.90 Å². The summed E-state index contributed by atoms with van der Waals surface area (Å²) in [6.45, 7) is 2.21. The van der Waals surface area contributed by atoms with Crippen LogP contribution < -0.4 is 0 Å². The molecule has 0 spiro atoms. The van der Waals surface area contributed by atoms with Gasteiger partial charge in [0.25, 0.3) is 0 Å². The maximum Gasteiger partial charge on any atom is 0.309 e. The van der Waals surface area contributed by atoms with Crippen LogP contribution in [0.1, 0.15) is 56.6 Å². The van der Waals surface area contributed by atoms with Crippen molar-refractivity contribution in [2.75, 3.05) is 0 Å². The molecule has 2 rings (SSSR count). The monoisotopic (exact) mass is 260 g/mol. The maximum absolute atomic E-state index is 11.1. The zero-order valence-corrected chi connectivity index (χ0v) is 11.8. The van der Waals surface area contributed by atoms with E-state index in [1.165, 1.54) is 30.4 Å². The largest absolute Gasteiger partial charge is 0.481 e. The van der Waals surface area contributed by atoms with E-state index in [1.807, 2.05) is 0 Å². The lowest BCUT2D eigenvalue weighted by atomic mass is 9.96. The average Bonchev–Trinajstić information content (AvgIpc) is 3.19. The van der Waals surface area contributed by atoms with Crippen LogP contribution in [-0.4, -0.2) is 11.1 Å². The second-order valence-corrected chi connectivity index (χ2v) is 5.86. The standard InChI is InChI=1S/C17H24O2/c1-2-3-5-14-7-9-15(10-8-14)6-4-11-17(12-13-17)16(18)19/h7-10H,2-6,11-13H2,1H3,(H,18,19). The summed E-state index contributed by atoms with van der Waals surface area (Å²) in [7, 11) is 0. The van der Waals surface area contributed by atoms with Crippen LogP contribution >= 0.6 is 0 Å². The molecule has 0 radical (unpaired) electrons. The lowest BCUT2D eigenvalue weighted by Gasteiger charge is -2.09. The molecule has 0 aliphatic heterocycles. The number of aryl methyl sites for hydroxylation is 2. The van der Waals surface area contributed by atoms with E-state index >= 15 is 0 Å². The van der Waals surface area contributed by atoms with Gasteiger partial charge in [0.05, 0.1) is 5.41 Å². The van der Waals surface area contributed by atoms with Crippen LogP contribution in [0.4, 0.5) is 0 Å². The van der Waals surface area contributed by atoms with Gasteiger partial charge in [-0.3, -0.25) is 4.79 Å². The van der Waals surface area contributed by atoms with Crippen LogP contribution in [0.15, 0.2) is 24.3 Å². The number of hydrogen-bond acceptors (Lipinski definition) is 1. The van der Waals surface area contributed by atoms with Gasteiger partial charge in [0.15, 0.2) is 0 Å². The molecule has 1 saturated carbocycles. The zero-order valence-electron chi connectivity index (χ0n) is 11.8. The molecule has 2 heteroatoms. The Labute approximate surface area is 115 Å². The van der Waals surface area contributed by atoms with Crippen LogP contribution in [-0.2, 0) is 17.6 Å². The van der Waals surface area contributed by atoms with Gasteiger partial charge in [0, 0.05) is 0 Å². The van der Waals surface area contributed by atoms with Crippen molar-refractivity contribution in [1.82, 2.24) is 0 Å². The van der Waals surface area contributed by atoms with E-state index in [2.05, 4.69) is 31.2 Å². The molecule has 1 fully saturated rings. The summed E-state index contributed by atoms with van der Waals surface area (Å²) >= 11 is 0. The Morgan fingerprint density at radius 1 is 1.11 bits per heavy atom. The van der Waals surface area contributed by atoms with Gasteiger partial charge in [-0.05, 0) is 56.1 Å². The second-order valence-electron chi connectivity index (χ2n) is 5.86. The van der Waals surface area contributed by atoms with E-state index < -0.39 is 5.97 Å². The zero-order chi connectivity index (χ0) is 13.7. The molecular formula is C17H24O2. The first-order valence-corrected chi connectivity index (χ1v) is 7.47. The third-order valence-electron chi connectivity index (χ3n) is 4.27. The highest BCUT2D eigenvalue weighted by Crippen LogP contribution is 2.49.